The summed E-state index contributed by atoms with van der Waals surface area (Å²) in [7, 11) is -0.421. The van der Waals surface area contributed by atoms with E-state index in [9.17, 15) is 13.2 Å². The maximum atomic E-state index is 12.5. The molecule has 0 aliphatic heterocycles. The predicted molar refractivity (Wildman–Crippen MR) is 119 cm³/mol. The number of hydrogen-bond acceptors (Lipinski definition) is 5. The molecular formula is C23H24N2O5S. The average Bonchev–Trinajstić information content (AvgIpc) is 2.82. The molecule has 0 saturated heterocycles. The van der Waals surface area contributed by atoms with Crippen LogP contribution in [0.4, 0.5) is 5.69 Å². The maximum absolute atomic E-state index is 12.5. The Kier molecular flexibility index (Phi) is 7.28. The Morgan fingerprint density at radius 3 is 2.13 bits per heavy atom. The fourth-order valence-corrected chi connectivity index (χ4v) is 3.78. The van der Waals surface area contributed by atoms with Gasteiger partial charge in [-0.3, -0.25) is 4.79 Å². The summed E-state index contributed by atoms with van der Waals surface area (Å²) in [5, 5.41) is 0. The number of methoxy groups -OCH3 is 1. The van der Waals surface area contributed by atoms with Gasteiger partial charge in [-0.25, -0.2) is 13.1 Å². The molecule has 1 amide bonds. The normalized spacial score (nSPS) is 11.0. The number of carbonyl (C=O) groups is 1. The van der Waals surface area contributed by atoms with Gasteiger partial charge in [0.05, 0.1) is 12.0 Å². The van der Waals surface area contributed by atoms with Gasteiger partial charge < -0.3 is 14.4 Å². The first-order valence-corrected chi connectivity index (χ1v) is 11.0. The van der Waals surface area contributed by atoms with Gasteiger partial charge >= 0.3 is 0 Å². The number of carbonyl (C=O) groups excluding carboxylic acids is 1. The van der Waals surface area contributed by atoms with Crippen LogP contribution in [0.25, 0.3) is 0 Å². The average molecular weight is 441 g/mol. The molecule has 1 N–H and O–H groups in total. The summed E-state index contributed by atoms with van der Waals surface area (Å²) in [5.41, 5.74) is 1.57. The smallest absolute Gasteiger partial charge is 0.264 e. The summed E-state index contributed by atoms with van der Waals surface area (Å²) in [6, 6.07) is 22.3. The molecule has 3 aromatic rings. The van der Waals surface area contributed by atoms with E-state index < -0.39 is 10.0 Å². The van der Waals surface area contributed by atoms with Crippen LogP contribution in [-0.2, 0) is 21.4 Å². The van der Waals surface area contributed by atoms with Crippen LogP contribution in [0.5, 0.6) is 11.5 Å². The SMILES string of the molecule is COc1ccc(N(C)C(=O)COc2ccc(S(=O)(=O)NCc3ccccc3)cc2)cc1. The van der Waals surface area contributed by atoms with E-state index in [2.05, 4.69) is 4.72 Å². The predicted octanol–water partition coefficient (Wildman–Crippen LogP) is 3.22. The van der Waals surface area contributed by atoms with Crippen molar-refractivity contribution < 1.29 is 22.7 Å². The lowest BCUT2D eigenvalue weighted by atomic mass is 10.2. The Morgan fingerprint density at radius 2 is 1.52 bits per heavy atom. The second-order valence-corrected chi connectivity index (χ2v) is 8.49. The minimum absolute atomic E-state index is 0.123. The molecule has 0 aliphatic rings. The Morgan fingerprint density at radius 1 is 0.903 bits per heavy atom. The number of amides is 1. The third-order valence-electron chi connectivity index (χ3n) is 4.64. The van der Waals surface area contributed by atoms with Crippen molar-refractivity contribution >= 4 is 21.6 Å². The van der Waals surface area contributed by atoms with Crippen LogP contribution in [-0.4, -0.2) is 35.1 Å². The van der Waals surface area contributed by atoms with Gasteiger partial charge in [-0.2, -0.15) is 0 Å². The quantitative estimate of drug-likeness (QED) is 0.552. The van der Waals surface area contributed by atoms with Crippen LogP contribution in [0.1, 0.15) is 5.56 Å². The molecule has 0 fully saturated rings. The van der Waals surface area contributed by atoms with Crippen LogP contribution in [0.2, 0.25) is 0 Å². The third-order valence-corrected chi connectivity index (χ3v) is 6.06. The Labute approximate surface area is 182 Å². The largest absolute Gasteiger partial charge is 0.497 e. The molecule has 0 spiro atoms. The highest BCUT2D eigenvalue weighted by molar-refractivity contribution is 7.89. The van der Waals surface area contributed by atoms with Crippen molar-refractivity contribution in [1.29, 1.82) is 0 Å². The second-order valence-electron chi connectivity index (χ2n) is 6.72. The lowest BCUT2D eigenvalue weighted by molar-refractivity contribution is -0.120. The summed E-state index contributed by atoms with van der Waals surface area (Å²) < 4.78 is 38.1. The molecule has 31 heavy (non-hydrogen) atoms. The lowest BCUT2D eigenvalue weighted by Gasteiger charge is -2.18. The number of likely N-dealkylation sites (N-methyl/N-ethyl adjacent to an activating group) is 1. The van der Waals surface area contributed by atoms with Gasteiger partial charge in [-0.1, -0.05) is 30.3 Å². The number of sulfonamides is 1. The van der Waals surface area contributed by atoms with E-state index in [-0.39, 0.29) is 24.0 Å². The van der Waals surface area contributed by atoms with E-state index in [0.29, 0.717) is 17.2 Å². The summed E-state index contributed by atoms with van der Waals surface area (Å²) >= 11 is 0. The van der Waals surface area contributed by atoms with Gasteiger partial charge in [0, 0.05) is 19.3 Å². The molecule has 0 aromatic heterocycles. The molecule has 0 saturated carbocycles. The number of ether oxygens (including phenoxy) is 2. The number of rotatable bonds is 9. The Balaban J connectivity index is 1.55. The number of nitrogens with one attached hydrogen (secondary N) is 1. The number of anilines is 1. The Hall–Kier alpha value is -3.36. The summed E-state index contributed by atoms with van der Waals surface area (Å²) in [4.78, 5) is 14.0. The summed E-state index contributed by atoms with van der Waals surface area (Å²) in [5.74, 6) is 0.860. The van der Waals surface area contributed by atoms with Crippen LogP contribution in [0, 0.1) is 0 Å². The first kappa shape index (κ1) is 22.3. The Bertz CT molecular complexity index is 1100. The van der Waals surface area contributed by atoms with Gasteiger partial charge in [0.15, 0.2) is 6.61 Å². The number of hydrogen-bond donors (Lipinski definition) is 1. The lowest BCUT2D eigenvalue weighted by Crippen LogP contribution is -2.31. The van der Waals surface area contributed by atoms with E-state index >= 15 is 0 Å². The first-order valence-electron chi connectivity index (χ1n) is 9.56. The molecule has 3 rings (SSSR count). The van der Waals surface area contributed by atoms with Crippen molar-refractivity contribution in [3.8, 4) is 11.5 Å². The molecule has 0 heterocycles. The molecule has 0 bridgehead atoms. The zero-order valence-electron chi connectivity index (χ0n) is 17.3. The topological polar surface area (TPSA) is 84.9 Å². The fourth-order valence-electron chi connectivity index (χ4n) is 2.76. The molecule has 0 unspecified atom stereocenters. The summed E-state index contributed by atoms with van der Waals surface area (Å²) in [6.07, 6.45) is 0. The minimum atomic E-state index is -3.65. The molecule has 3 aromatic carbocycles. The van der Waals surface area contributed by atoms with Gasteiger partial charge in [0.2, 0.25) is 10.0 Å². The first-order chi connectivity index (χ1) is 14.9. The standard InChI is InChI=1S/C23H24N2O5S/c1-25(19-8-10-20(29-2)11-9-19)23(26)17-30-21-12-14-22(15-13-21)31(27,28)24-16-18-6-4-3-5-7-18/h3-15,24H,16-17H2,1-2H3. The molecule has 0 atom stereocenters. The highest BCUT2D eigenvalue weighted by Gasteiger charge is 2.15. The van der Waals surface area contributed by atoms with E-state index in [1.165, 1.54) is 29.2 Å². The van der Waals surface area contributed by atoms with Crippen LogP contribution in [0.15, 0.2) is 83.8 Å². The highest BCUT2D eigenvalue weighted by atomic mass is 32.2. The van der Waals surface area contributed by atoms with Crippen molar-refractivity contribution in [2.24, 2.45) is 0 Å². The molecule has 7 nitrogen and oxygen atoms in total. The summed E-state index contributed by atoms with van der Waals surface area (Å²) in [6.45, 7) is 0.0223. The molecular weight excluding hydrogens is 416 g/mol. The zero-order valence-corrected chi connectivity index (χ0v) is 18.1. The van der Waals surface area contributed by atoms with Crippen LogP contribution >= 0.6 is 0 Å². The van der Waals surface area contributed by atoms with Crippen molar-refractivity contribution in [2.45, 2.75) is 11.4 Å². The van der Waals surface area contributed by atoms with Gasteiger partial charge in [-0.15, -0.1) is 0 Å². The molecule has 0 radical (unpaired) electrons. The van der Waals surface area contributed by atoms with E-state index in [1.807, 2.05) is 30.3 Å². The minimum Gasteiger partial charge on any atom is -0.497 e. The van der Waals surface area contributed by atoms with Gasteiger partial charge in [0.1, 0.15) is 11.5 Å². The number of nitrogens with zero attached hydrogens (tertiary/aromatic N) is 1. The van der Waals surface area contributed by atoms with Crippen molar-refractivity contribution in [3.63, 3.8) is 0 Å². The van der Waals surface area contributed by atoms with Crippen LogP contribution in [0.3, 0.4) is 0 Å². The van der Waals surface area contributed by atoms with E-state index in [0.717, 1.165) is 5.56 Å². The van der Waals surface area contributed by atoms with Gasteiger partial charge in [-0.05, 0) is 54.1 Å². The fraction of sp³-hybridized carbons (Fsp3) is 0.174. The van der Waals surface area contributed by atoms with E-state index in [4.69, 9.17) is 9.47 Å². The van der Waals surface area contributed by atoms with Crippen molar-refractivity contribution in [2.75, 3.05) is 25.7 Å². The second kappa shape index (κ2) is 10.1. The molecule has 162 valence electrons. The highest BCUT2D eigenvalue weighted by Crippen LogP contribution is 2.19. The van der Waals surface area contributed by atoms with Crippen LogP contribution < -0.4 is 19.1 Å². The third kappa shape index (κ3) is 6.07. The molecule has 0 aliphatic carbocycles. The van der Waals surface area contributed by atoms with Crippen molar-refractivity contribution in [1.82, 2.24) is 4.72 Å². The molecule has 8 heteroatoms. The maximum Gasteiger partial charge on any atom is 0.264 e. The zero-order chi connectivity index (χ0) is 22.3. The van der Waals surface area contributed by atoms with Gasteiger partial charge in [0.25, 0.3) is 5.91 Å². The monoisotopic (exact) mass is 440 g/mol. The van der Waals surface area contributed by atoms with E-state index in [1.54, 1.807) is 38.4 Å². The van der Waals surface area contributed by atoms with Crippen molar-refractivity contribution in [3.05, 3.63) is 84.4 Å². The number of benzene rings is 3.